The first-order valence-corrected chi connectivity index (χ1v) is 2.90. The summed E-state index contributed by atoms with van der Waals surface area (Å²) in [4.78, 5) is 14.5. The summed E-state index contributed by atoms with van der Waals surface area (Å²) in [7, 11) is 0. The molecule has 0 aliphatic heterocycles. The van der Waals surface area contributed by atoms with Crippen molar-refractivity contribution in [2.24, 2.45) is 5.73 Å². The Labute approximate surface area is 58.6 Å². The van der Waals surface area contributed by atoms with Crippen molar-refractivity contribution in [2.75, 3.05) is 6.61 Å². The van der Waals surface area contributed by atoms with E-state index in [-0.39, 0.29) is 11.5 Å². The second-order valence-electron chi connectivity index (χ2n) is 1.65. The fourth-order valence-electron chi connectivity index (χ4n) is 0.322. The highest BCUT2D eigenvalue weighted by Crippen LogP contribution is 1.78. The van der Waals surface area contributed by atoms with E-state index in [0.29, 0.717) is 12.6 Å². The van der Waals surface area contributed by atoms with E-state index in [2.05, 4.69) is 10.6 Å². The van der Waals surface area contributed by atoms with Crippen molar-refractivity contribution >= 4 is 12.1 Å². The number of nitrogens with zero attached hydrogens (tertiary/aromatic N) is 1. The first-order valence-electron chi connectivity index (χ1n) is 2.90. The molecule has 0 fully saturated rings. The molecule has 1 amide bonds. The lowest BCUT2D eigenvalue weighted by molar-refractivity contribution is -0.737. The average molecular weight is 146 g/mol. The highest BCUT2D eigenvalue weighted by Gasteiger charge is 1.95. The molecule has 0 unspecified atom stereocenters. The summed E-state index contributed by atoms with van der Waals surface area (Å²) in [5.41, 5.74) is 4.65. The summed E-state index contributed by atoms with van der Waals surface area (Å²) in [5.74, 6) is -0.814. The maximum Gasteiger partial charge on any atom is 0.311 e. The van der Waals surface area contributed by atoms with E-state index in [9.17, 15) is 10.0 Å². The minimum Gasteiger partial charge on any atom is -0.403 e. The van der Waals surface area contributed by atoms with Gasteiger partial charge in [0, 0.05) is 4.90 Å². The molecule has 58 valence electrons. The van der Waals surface area contributed by atoms with E-state index in [1.54, 1.807) is 0 Å². The number of rotatable bonds is 4. The molecule has 0 radical (unpaired) electrons. The van der Waals surface area contributed by atoms with Gasteiger partial charge in [0.2, 0.25) is 0 Å². The zero-order valence-electron chi connectivity index (χ0n) is 5.74. The third-order valence-electron chi connectivity index (χ3n) is 0.655. The number of nitrogens with two attached hydrogens (primary N) is 1. The summed E-state index contributed by atoms with van der Waals surface area (Å²) in [6, 6.07) is 0. The number of amides is 1. The average Bonchev–Trinajstić information content (AvgIpc) is 1.82. The van der Waals surface area contributed by atoms with E-state index in [4.69, 9.17) is 0 Å². The van der Waals surface area contributed by atoms with Crippen molar-refractivity contribution in [1.29, 1.82) is 0 Å². The fraction of sp³-hybridized carbons (Fsp3) is 0.600. The normalized spacial score (nSPS) is 11.1. The Kier molecular flexibility index (Phi) is 4.02. The van der Waals surface area contributed by atoms with Gasteiger partial charge in [-0.15, -0.1) is 0 Å². The minimum absolute atomic E-state index is 0.0613. The van der Waals surface area contributed by atoms with Crippen LogP contribution in [0.15, 0.2) is 0 Å². The van der Waals surface area contributed by atoms with E-state index >= 15 is 0 Å². The predicted octanol–water partition coefficient (Wildman–Crippen LogP) is -0.606. The molecule has 0 rings (SSSR count). The lowest BCUT2D eigenvalue weighted by Crippen LogP contribution is -2.19. The van der Waals surface area contributed by atoms with E-state index in [1.807, 2.05) is 6.92 Å². The largest absolute Gasteiger partial charge is 0.403 e. The molecule has 0 aliphatic rings. The molecule has 0 saturated carbocycles. The van der Waals surface area contributed by atoms with Gasteiger partial charge in [-0.05, 0) is 6.42 Å². The third-order valence-corrected chi connectivity index (χ3v) is 0.655. The van der Waals surface area contributed by atoms with E-state index in [1.165, 1.54) is 0 Å². The summed E-state index contributed by atoms with van der Waals surface area (Å²) >= 11 is 0. The van der Waals surface area contributed by atoms with Crippen LogP contribution in [0.25, 0.3) is 0 Å². The van der Waals surface area contributed by atoms with Gasteiger partial charge in [-0.25, -0.2) is 0 Å². The maximum atomic E-state index is 10.4. The Bertz CT molecular complexity index is 144. The van der Waals surface area contributed by atoms with Crippen LogP contribution in [0.4, 0.5) is 0 Å². The van der Waals surface area contributed by atoms with Crippen LogP contribution >= 0.6 is 0 Å². The monoisotopic (exact) mass is 146 g/mol. The third kappa shape index (κ3) is 4.89. The molecule has 0 spiro atoms. The molecular formula is C5H10N2O3. The molecule has 0 saturated heterocycles. The van der Waals surface area contributed by atoms with Crippen molar-refractivity contribution in [3.63, 3.8) is 0 Å². The van der Waals surface area contributed by atoms with Gasteiger partial charge in [-0.1, -0.05) is 6.92 Å². The highest BCUT2D eigenvalue weighted by atomic mass is 16.9. The molecule has 10 heavy (non-hydrogen) atoms. The van der Waals surface area contributed by atoms with Crippen LogP contribution in [0, 0.1) is 5.21 Å². The van der Waals surface area contributed by atoms with Gasteiger partial charge in [-0.2, -0.15) is 0 Å². The molecule has 2 N–H and O–H groups in total. The first kappa shape index (κ1) is 8.74. The molecule has 0 heterocycles. The molecule has 0 aromatic rings. The molecule has 0 aliphatic carbocycles. The number of carbonyl (C=O) groups excluding carboxylic acids is 1. The van der Waals surface area contributed by atoms with Crippen LogP contribution in [0.1, 0.15) is 13.3 Å². The summed E-state index contributed by atoms with van der Waals surface area (Å²) < 4.78 is 0. The van der Waals surface area contributed by atoms with Crippen LogP contribution in [0.5, 0.6) is 0 Å². The molecule has 0 aromatic carbocycles. The molecule has 0 aromatic heterocycles. The Morgan fingerprint density at radius 2 is 2.50 bits per heavy atom. The molecule has 0 bridgehead atoms. The number of carbonyl (C=O) groups is 1. The highest BCUT2D eigenvalue weighted by molar-refractivity contribution is 6.23. The Morgan fingerprint density at radius 1 is 1.90 bits per heavy atom. The Morgan fingerprint density at radius 3 is 2.90 bits per heavy atom. The van der Waals surface area contributed by atoms with Crippen LogP contribution in [-0.2, 0) is 9.63 Å². The van der Waals surface area contributed by atoms with Gasteiger partial charge in [0.25, 0.3) is 6.21 Å². The first-order chi connectivity index (χ1) is 4.66. The van der Waals surface area contributed by atoms with Crippen molar-refractivity contribution in [3.05, 3.63) is 5.21 Å². The van der Waals surface area contributed by atoms with Crippen LogP contribution < -0.4 is 5.73 Å². The van der Waals surface area contributed by atoms with Crippen LogP contribution in [-0.4, -0.2) is 23.6 Å². The van der Waals surface area contributed by atoms with Gasteiger partial charge >= 0.3 is 5.91 Å². The van der Waals surface area contributed by atoms with Crippen LogP contribution in [0.3, 0.4) is 0 Å². The van der Waals surface area contributed by atoms with E-state index in [0.717, 1.165) is 0 Å². The van der Waals surface area contributed by atoms with Gasteiger partial charge in [-0.3, -0.25) is 10.0 Å². The van der Waals surface area contributed by atoms with Crippen molar-refractivity contribution in [1.82, 2.24) is 0 Å². The summed E-state index contributed by atoms with van der Waals surface area (Å²) in [6.45, 7) is 2.13. The smallest absolute Gasteiger partial charge is 0.311 e. The molecular weight excluding hydrogens is 136 g/mol. The lowest BCUT2D eigenvalue weighted by Gasteiger charge is -2.00. The second kappa shape index (κ2) is 4.60. The topological polar surface area (TPSA) is 78.4 Å². The molecule has 5 heteroatoms. The van der Waals surface area contributed by atoms with Crippen molar-refractivity contribution < 1.29 is 14.5 Å². The summed E-state index contributed by atoms with van der Waals surface area (Å²) in [6.07, 6.45) is 1.35. The van der Waals surface area contributed by atoms with Crippen molar-refractivity contribution in [2.45, 2.75) is 13.3 Å². The molecule has 0 atom stereocenters. The number of hydrogen-bond donors (Lipinski definition) is 1. The number of primary amides is 1. The van der Waals surface area contributed by atoms with Crippen molar-refractivity contribution in [3.8, 4) is 0 Å². The van der Waals surface area contributed by atoms with Crippen LogP contribution in [0.2, 0.25) is 0 Å². The standard InChI is InChI=1S/C5H10N2O3/c1-2-3-10-7(9)4-5(6)8/h4H,2-3H2,1H3,(H2,6,8)/b7-4+. The van der Waals surface area contributed by atoms with Gasteiger partial charge in [0.05, 0.1) is 6.61 Å². The maximum absolute atomic E-state index is 10.4. The lowest BCUT2D eigenvalue weighted by atomic mass is 10.5. The SMILES string of the molecule is CCCO/[N+]([O-])=C/C(N)=O. The summed E-state index contributed by atoms with van der Waals surface area (Å²) in [5, 5.41) is 10.4. The second-order valence-corrected chi connectivity index (χ2v) is 1.65. The van der Waals surface area contributed by atoms with Gasteiger partial charge < -0.3 is 10.6 Å². The number of hydrogen-bond acceptors (Lipinski definition) is 3. The zero-order valence-corrected chi connectivity index (χ0v) is 5.74. The minimum atomic E-state index is -0.814. The molecule has 5 nitrogen and oxygen atoms in total. The van der Waals surface area contributed by atoms with Gasteiger partial charge in [0.1, 0.15) is 0 Å². The fourth-order valence-corrected chi connectivity index (χ4v) is 0.322. The zero-order chi connectivity index (χ0) is 7.98. The van der Waals surface area contributed by atoms with E-state index < -0.39 is 5.91 Å². The van der Waals surface area contributed by atoms with Gasteiger partial charge in [0.15, 0.2) is 0 Å². The quantitative estimate of drug-likeness (QED) is 0.326. The predicted molar refractivity (Wildman–Crippen MR) is 35.1 cm³/mol. The Hall–Kier alpha value is -1.26. The Balaban J connectivity index is 3.60.